The average Bonchev–Trinajstić information content (AvgIpc) is 2.30. The molecule has 1 fully saturated rings. The van der Waals surface area contributed by atoms with E-state index in [2.05, 4.69) is 24.2 Å². The molecule has 1 rings (SSSR count). The second kappa shape index (κ2) is 8.04. The first-order chi connectivity index (χ1) is 7.77. The maximum Gasteiger partial charge on any atom is 0.0474 e. The van der Waals surface area contributed by atoms with Crippen molar-refractivity contribution in [2.75, 3.05) is 33.9 Å². The summed E-state index contributed by atoms with van der Waals surface area (Å²) >= 11 is 0. The Morgan fingerprint density at radius 1 is 1.25 bits per heavy atom. The first-order valence-electron chi connectivity index (χ1n) is 6.70. The Balaban J connectivity index is 2.14. The highest BCUT2D eigenvalue weighted by Gasteiger charge is 2.22. The molecular weight excluding hydrogens is 200 g/mol. The highest BCUT2D eigenvalue weighted by atomic mass is 16.5. The third-order valence-corrected chi connectivity index (χ3v) is 3.67. The smallest absolute Gasteiger partial charge is 0.0474 e. The van der Waals surface area contributed by atoms with Gasteiger partial charge in [-0.1, -0.05) is 6.92 Å². The van der Waals surface area contributed by atoms with Crippen LogP contribution >= 0.6 is 0 Å². The van der Waals surface area contributed by atoms with Crippen molar-refractivity contribution in [1.29, 1.82) is 0 Å². The van der Waals surface area contributed by atoms with Gasteiger partial charge in [0.1, 0.15) is 0 Å². The number of methoxy groups -OCH3 is 1. The van der Waals surface area contributed by atoms with Crippen molar-refractivity contribution in [3.8, 4) is 0 Å². The molecule has 96 valence electrons. The second-order valence-electron chi connectivity index (χ2n) is 4.89. The van der Waals surface area contributed by atoms with Gasteiger partial charge in [0.15, 0.2) is 0 Å². The number of hydrogen-bond donors (Lipinski definition) is 1. The van der Waals surface area contributed by atoms with E-state index in [1.807, 2.05) is 0 Å². The molecule has 3 nitrogen and oxygen atoms in total. The van der Waals surface area contributed by atoms with Crippen LogP contribution in [0.4, 0.5) is 0 Å². The summed E-state index contributed by atoms with van der Waals surface area (Å²) in [5, 5.41) is 3.56. The SMILES string of the molecule is CCNC1CCC(N(C)CCCOC)CC1. The summed E-state index contributed by atoms with van der Waals surface area (Å²) in [5.41, 5.74) is 0. The summed E-state index contributed by atoms with van der Waals surface area (Å²) in [4.78, 5) is 2.52. The molecule has 3 heteroatoms. The summed E-state index contributed by atoms with van der Waals surface area (Å²) in [7, 11) is 4.04. The van der Waals surface area contributed by atoms with Crippen LogP contribution in [0.5, 0.6) is 0 Å². The minimum atomic E-state index is 0.772. The molecule has 0 aromatic rings. The van der Waals surface area contributed by atoms with E-state index in [1.165, 1.54) is 32.2 Å². The van der Waals surface area contributed by atoms with Gasteiger partial charge in [0, 0.05) is 32.3 Å². The Morgan fingerprint density at radius 3 is 2.50 bits per heavy atom. The lowest BCUT2D eigenvalue weighted by atomic mass is 9.90. The van der Waals surface area contributed by atoms with Crippen molar-refractivity contribution in [2.24, 2.45) is 0 Å². The Morgan fingerprint density at radius 2 is 1.94 bits per heavy atom. The molecule has 0 radical (unpaired) electrons. The molecule has 0 spiro atoms. The third kappa shape index (κ3) is 4.81. The Bertz CT molecular complexity index is 167. The van der Waals surface area contributed by atoms with Crippen LogP contribution in [0.1, 0.15) is 39.0 Å². The van der Waals surface area contributed by atoms with Gasteiger partial charge in [0.2, 0.25) is 0 Å². The zero-order valence-electron chi connectivity index (χ0n) is 11.2. The normalized spacial score (nSPS) is 26.2. The number of nitrogens with one attached hydrogen (secondary N) is 1. The molecule has 0 aromatic carbocycles. The molecule has 1 aliphatic rings. The van der Waals surface area contributed by atoms with Gasteiger partial charge in [-0.05, 0) is 45.7 Å². The minimum Gasteiger partial charge on any atom is -0.385 e. The number of rotatable bonds is 7. The Labute approximate surface area is 101 Å². The third-order valence-electron chi connectivity index (χ3n) is 3.67. The van der Waals surface area contributed by atoms with E-state index in [9.17, 15) is 0 Å². The monoisotopic (exact) mass is 228 g/mol. The van der Waals surface area contributed by atoms with E-state index < -0.39 is 0 Å². The van der Waals surface area contributed by atoms with Crippen LogP contribution in [0.3, 0.4) is 0 Å². The molecule has 1 saturated carbocycles. The highest BCUT2D eigenvalue weighted by Crippen LogP contribution is 2.22. The summed E-state index contributed by atoms with van der Waals surface area (Å²) in [5.74, 6) is 0. The second-order valence-corrected chi connectivity index (χ2v) is 4.89. The van der Waals surface area contributed by atoms with E-state index in [4.69, 9.17) is 4.74 Å². The molecule has 0 saturated heterocycles. The van der Waals surface area contributed by atoms with Crippen LogP contribution in [0.15, 0.2) is 0 Å². The first kappa shape index (κ1) is 13.9. The van der Waals surface area contributed by atoms with Crippen LogP contribution in [-0.2, 0) is 4.74 Å². The summed E-state index contributed by atoms with van der Waals surface area (Å²) in [6, 6.07) is 1.57. The van der Waals surface area contributed by atoms with Crippen LogP contribution < -0.4 is 5.32 Å². The Hall–Kier alpha value is -0.120. The molecule has 0 unspecified atom stereocenters. The van der Waals surface area contributed by atoms with Crippen molar-refractivity contribution in [1.82, 2.24) is 10.2 Å². The van der Waals surface area contributed by atoms with Gasteiger partial charge in [-0.3, -0.25) is 0 Å². The van der Waals surface area contributed by atoms with E-state index in [1.54, 1.807) is 7.11 Å². The van der Waals surface area contributed by atoms with Crippen LogP contribution in [-0.4, -0.2) is 50.8 Å². The number of hydrogen-bond acceptors (Lipinski definition) is 3. The van der Waals surface area contributed by atoms with Crippen molar-refractivity contribution in [3.63, 3.8) is 0 Å². The molecule has 1 aliphatic carbocycles. The standard InChI is InChI=1S/C13H28N2O/c1-4-14-12-6-8-13(9-7-12)15(2)10-5-11-16-3/h12-14H,4-11H2,1-3H3. The van der Waals surface area contributed by atoms with Crippen LogP contribution in [0.2, 0.25) is 0 Å². The largest absolute Gasteiger partial charge is 0.385 e. The van der Waals surface area contributed by atoms with Crippen LogP contribution in [0.25, 0.3) is 0 Å². The maximum atomic E-state index is 5.09. The molecule has 0 aromatic heterocycles. The first-order valence-corrected chi connectivity index (χ1v) is 6.70. The minimum absolute atomic E-state index is 0.772. The molecule has 0 bridgehead atoms. The van der Waals surface area contributed by atoms with Crippen molar-refractivity contribution >= 4 is 0 Å². The fraction of sp³-hybridized carbons (Fsp3) is 1.00. The van der Waals surface area contributed by atoms with Gasteiger partial charge in [0.25, 0.3) is 0 Å². The topological polar surface area (TPSA) is 24.5 Å². The van der Waals surface area contributed by atoms with E-state index in [0.29, 0.717) is 0 Å². The van der Waals surface area contributed by atoms with Gasteiger partial charge in [-0.25, -0.2) is 0 Å². The number of nitrogens with zero attached hydrogens (tertiary/aromatic N) is 1. The molecular formula is C13H28N2O. The van der Waals surface area contributed by atoms with E-state index >= 15 is 0 Å². The quantitative estimate of drug-likeness (QED) is 0.673. The zero-order valence-corrected chi connectivity index (χ0v) is 11.2. The van der Waals surface area contributed by atoms with E-state index in [0.717, 1.165) is 31.7 Å². The number of ether oxygens (including phenoxy) is 1. The van der Waals surface area contributed by atoms with Crippen molar-refractivity contribution in [3.05, 3.63) is 0 Å². The van der Waals surface area contributed by atoms with Crippen molar-refractivity contribution < 1.29 is 4.74 Å². The van der Waals surface area contributed by atoms with Gasteiger partial charge >= 0.3 is 0 Å². The average molecular weight is 228 g/mol. The summed E-state index contributed by atoms with van der Waals surface area (Å²) < 4.78 is 5.09. The molecule has 16 heavy (non-hydrogen) atoms. The lowest BCUT2D eigenvalue weighted by Gasteiger charge is -2.35. The molecule has 0 aliphatic heterocycles. The van der Waals surface area contributed by atoms with Gasteiger partial charge < -0.3 is 15.0 Å². The summed E-state index contributed by atoms with van der Waals surface area (Å²) in [6.45, 7) is 5.36. The fourth-order valence-electron chi connectivity index (χ4n) is 2.65. The van der Waals surface area contributed by atoms with Gasteiger partial charge in [-0.15, -0.1) is 0 Å². The highest BCUT2D eigenvalue weighted by molar-refractivity contribution is 4.81. The van der Waals surface area contributed by atoms with E-state index in [-0.39, 0.29) is 0 Å². The van der Waals surface area contributed by atoms with Crippen molar-refractivity contribution in [2.45, 2.75) is 51.1 Å². The lowest BCUT2D eigenvalue weighted by molar-refractivity contribution is 0.143. The molecule has 0 heterocycles. The van der Waals surface area contributed by atoms with Gasteiger partial charge in [-0.2, -0.15) is 0 Å². The zero-order chi connectivity index (χ0) is 11.8. The molecule has 0 atom stereocenters. The molecule has 1 N–H and O–H groups in total. The predicted octanol–water partition coefficient (Wildman–Crippen LogP) is 1.88. The lowest BCUT2D eigenvalue weighted by Crippen LogP contribution is -2.41. The van der Waals surface area contributed by atoms with Gasteiger partial charge in [0.05, 0.1) is 0 Å². The predicted molar refractivity (Wildman–Crippen MR) is 68.8 cm³/mol. The molecule has 0 amide bonds. The fourth-order valence-corrected chi connectivity index (χ4v) is 2.65. The maximum absolute atomic E-state index is 5.09. The van der Waals surface area contributed by atoms with Crippen LogP contribution in [0, 0.1) is 0 Å². The summed E-state index contributed by atoms with van der Waals surface area (Å²) in [6.07, 6.45) is 6.53. The Kier molecular flexibility index (Phi) is 7.01.